The number of piperidine rings is 2. The van der Waals surface area contributed by atoms with Gasteiger partial charge in [-0.05, 0) is 25.7 Å². The number of alkyl halides is 6. The van der Waals surface area contributed by atoms with Crippen molar-refractivity contribution >= 4 is 23.6 Å². The molecule has 32 heavy (non-hydrogen) atoms. The molecule has 0 aromatic rings. The van der Waals surface area contributed by atoms with Crippen LogP contribution >= 0.6 is 0 Å². The minimum Gasteiger partial charge on any atom is -0.344 e. The number of rotatable bonds is 5. The third-order valence-electron chi connectivity index (χ3n) is 5.66. The molecule has 14 heteroatoms. The molecule has 2 N–H and O–H groups in total. The summed E-state index contributed by atoms with van der Waals surface area (Å²) < 4.78 is 76.3. The largest absolute Gasteiger partial charge is 0.408 e. The Morgan fingerprint density at radius 2 is 1.06 bits per heavy atom. The van der Waals surface area contributed by atoms with Gasteiger partial charge in [-0.25, -0.2) is 0 Å². The molecule has 2 rings (SSSR count). The summed E-state index contributed by atoms with van der Waals surface area (Å²) in [4.78, 5) is 50.9. The van der Waals surface area contributed by atoms with Crippen molar-refractivity contribution in [2.75, 3.05) is 27.2 Å². The summed E-state index contributed by atoms with van der Waals surface area (Å²) in [5.41, 5.74) is 0. The van der Waals surface area contributed by atoms with Crippen LogP contribution in [0.5, 0.6) is 0 Å². The van der Waals surface area contributed by atoms with E-state index >= 15 is 0 Å². The summed E-state index contributed by atoms with van der Waals surface area (Å²) >= 11 is 0. The van der Waals surface area contributed by atoms with Crippen LogP contribution in [0.3, 0.4) is 0 Å². The highest BCUT2D eigenvalue weighted by Crippen LogP contribution is 2.30. The molecule has 0 radical (unpaired) electrons. The van der Waals surface area contributed by atoms with Crippen molar-refractivity contribution in [3.63, 3.8) is 0 Å². The number of hydrogen-bond donors (Lipinski definition) is 2. The molecular weight excluding hydrogens is 450 g/mol. The third-order valence-corrected chi connectivity index (χ3v) is 5.66. The molecule has 4 unspecified atom stereocenters. The molecule has 4 amide bonds. The lowest BCUT2D eigenvalue weighted by molar-refractivity contribution is -0.172. The van der Waals surface area contributed by atoms with Crippen molar-refractivity contribution in [3.8, 4) is 0 Å². The topological polar surface area (TPSA) is 98.8 Å². The highest BCUT2D eigenvalue weighted by atomic mass is 19.4. The lowest BCUT2D eigenvalue weighted by Crippen LogP contribution is -2.55. The van der Waals surface area contributed by atoms with Crippen LogP contribution < -0.4 is 10.6 Å². The quantitative estimate of drug-likeness (QED) is 0.455. The van der Waals surface area contributed by atoms with Crippen LogP contribution in [0.15, 0.2) is 0 Å². The van der Waals surface area contributed by atoms with Gasteiger partial charge >= 0.3 is 12.4 Å². The maximum atomic E-state index is 12.7. The zero-order chi connectivity index (χ0) is 24.4. The number of halogens is 6. The number of hydrogen-bond acceptors (Lipinski definition) is 4. The second kappa shape index (κ2) is 9.53. The van der Waals surface area contributed by atoms with Gasteiger partial charge in [-0.1, -0.05) is 0 Å². The predicted molar refractivity (Wildman–Crippen MR) is 96.7 cm³/mol. The molecule has 0 aromatic carbocycles. The Labute approximate surface area is 179 Å². The average molecular weight is 474 g/mol. The van der Waals surface area contributed by atoms with Gasteiger partial charge in [0, 0.05) is 27.2 Å². The number of amides is 4. The van der Waals surface area contributed by atoms with Gasteiger partial charge in [-0.15, -0.1) is 0 Å². The van der Waals surface area contributed by atoms with Crippen molar-refractivity contribution in [2.45, 2.75) is 50.1 Å². The van der Waals surface area contributed by atoms with Crippen molar-refractivity contribution in [2.24, 2.45) is 11.8 Å². The molecule has 4 atom stereocenters. The van der Waals surface area contributed by atoms with Gasteiger partial charge in [0.25, 0.3) is 0 Å². The fourth-order valence-electron chi connectivity index (χ4n) is 3.63. The van der Waals surface area contributed by atoms with Gasteiger partial charge in [0.05, 0.1) is 0 Å². The van der Waals surface area contributed by atoms with Gasteiger partial charge in [-0.2, -0.15) is 26.3 Å². The van der Waals surface area contributed by atoms with E-state index in [-0.39, 0.29) is 25.9 Å². The maximum Gasteiger partial charge on any atom is 0.408 e. The van der Waals surface area contributed by atoms with Crippen LogP contribution in [0.1, 0.15) is 25.7 Å². The summed E-state index contributed by atoms with van der Waals surface area (Å²) in [5.74, 6) is -6.07. The van der Waals surface area contributed by atoms with Gasteiger partial charge in [-0.3, -0.25) is 19.2 Å². The summed E-state index contributed by atoms with van der Waals surface area (Å²) in [6, 6.07) is -4.02. The Hall–Kier alpha value is -2.54. The average Bonchev–Trinajstić information content (AvgIpc) is 2.69. The van der Waals surface area contributed by atoms with E-state index < -0.39 is 72.7 Å². The smallest absolute Gasteiger partial charge is 0.344 e. The molecular formula is C18H24F6N4O4. The first-order chi connectivity index (χ1) is 14.6. The molecule has 0 aliphatic carbocycles. The first-order valence-corrected chi connectivity index (χ1v) is 9.87. The molecule has 8 nitrogen and oxygen atoms in total. The number of carbonyl (C=O) groups excluding carboxylic acids is 4. The normalized spacial score (nSPS) is 26.8. The fourth-order valence-corrected chi connectivity index (χ4v) is 3.63. The van der Waals surface area contributed by atoms with Crippen molar-refractivity contribution in [1.82, 2.24) is 20.4 Å². The predicted octanol–water partition coefficient (Wildman–Crippen LogP) is 0.817. The number of nitrogens with one attached hydrogen (secondary N) is 2. The molecule has 0 spiro atoms. The molecule has 182 valence electrons. The first-order valence-electron chi connectivity index (χ1n) is 9.87. The van der Waals surface area contributed by atoms with E-state index in [1.165, 1.54) is 14.1 Å². The van der Waals surface area contributed by atoms with Crippen LogP contribution in [-0.4, -0.2) is 85.0 Å². The number of nitrogens with zero attached hydrogens (tertiary/aromatic N) is 2. The SMILES string of the molecule is CN(CCN(C)C(=O)C1CCC(C(F)(F)F)NC1=O)C(=O)C1CCC(C(F)(F)F)NC1=O. The first kappa shape index (κ1) is 25.7. The van der Waals surface area contributed by atoms with Gasteiger partial charge in [0.15, 0.2) is 0 Å². The van der Waals surface area contributed by atoms with E-state index in [0.29, 0.717) is 0 Å². The van der Waals surface area contributed by atoms with Gasteiger partial charge < -0.3 is 20.4 Å². The zero-order valence-electron chi connectivity index (χ0n) is 17.3. The molecule has 2 aliphatic heterocycles. The fraction of sp³-hybridized carbons (Fsp3) is 0.778. The highest BCUT2D eigenvalue weighted by Gasteiger charge is 2.47. The Bertz CT molecular complexity index is 695. The van der Waals surface area contributed by atoms with E-state index in [2.05, 4.69) is 0 Å². The minimum atomic E-state index is -4.61. The van der Waals surface area contributed by atoms with Crippen molar-refractivity contribution < 1.29 is 45.5 Å². The summed E-state index contributed by atoms with van der Waals surface area (Å²) in [6.07, 6.45) is -10.7. The second-order valence-corrected chi connectivity index (χ2v) is 7.99. The van der Waals surface area contributed by atoms with Crippen molar-refractivity contribution in [3.05, 3.63) is 0 Å². The van der Waals surface area contributed by atoms with Crippen LogP contribution in [0, 0.1) is 11.8 Å². The van der Waals surface area contributed by atoms with E-state index in [1.807, 2.05) is 0 Å². The van der Waals surface area contributed by atoms with E-state index in [0.717, 1.165) is 9.80 Å². The number of carbonyl (C=O) groups is 4. The highest BCUT2D eigenvalue weighted by molar-refractivity contribution is 6.01. The van der Waals surface area contributed by atoms with Crippen LogP contribution in [0.25, 0.3) is 0 Å². The van der Waals surface area contributed by atoms with Crippen LogP contribution in [0.2, 0.25) is 0 Å². The minimum absolute atomic E-state index is 0.0902. The monoisotopic (exact) mass is 474 g/mol. The van der Waals surface area contributed by atoms with E-state index in [1.54, 1.807) is 10.6 Å². The maximum absolute atomic E-state index is 12.7. The van der Waals surface area contributed by atoms with Crippen molar-refractivity contribution in [1.29, 1.82) is 0 Å². The number of likely N-dealkylation sites (N-methyl/N-ethyl adjacent to an activating group) is 2. The summed E-state index contributed by atoms with van der Waals surface area (Å²) in [6.45, 7) is -0.180. The summed E-state index contributed by atoms with van der Waals surface area (Å²) in [7, 11) is 2.62. The Morgan fingerprint density at radius 3 is 1.31 bits per heavy atom. The molecule has 2 heterocycles. The molecule has 2 fully saturated rings. The third kappa shape index (κ3) is 6.03. The molecule has 0 bridgehead atoms. The van der Waals surface area contributed by atoms with E-state index in [9.17, 15) is 45.5 Å². The molecule has 0 aromatic heterocycles. The standard InChI is InChI=1S/C18H24F6N4O4/c1-27(15(31)9-3-5-11(17(19,20)21)25-13(9)29)7-8-28(2)16(32)10-4-6-12(18(22,23)24)26-14(10)30/h9-12H,3-8H2,1-2H3,(H,25,29)(H,26,30). The molecule has 0 saturated carbocycles. The zero-order valence-corrected chi connectivity index (χ0v) is 17.3. The summed E-state index contributed by atoms with van der Waals surface area (Å²) in [5, 5.41) is 3.57. The Kier molecular flexibility index (Phi) is 7.66. The van der Waals surface area contributed by atoms with Crippen LogP contribution in [-0.2, 0) is 19.2 Å². The second-order valence-electron chi connectivity index (χ2n) is 7.99. The lowest BCUT2D eigenvalue weighted by Gasteiger charge is -2.33. The Balaban J connectivity index is 1.85. The Morgan fingerprint density at radius 1 is 0.750 bits per heavy atom. The molecule has 2 aliphatic rings. The lowest BCUT2D eigenvalue weighted by atomic mass is 9.92. The van der Waals surface area contributed by atoms with Gasteiger partial charge in [0.2, 0.25) is 23.6 Å². The van der Waals surface area contributed by atoms with Gasteiger partial charge in [0.1, 0.15) is 23.9 Å². The molecule has 2 saturated heterocycles. The van der Waals surface area contributed by atoms with Crippen LogP contribution in [0.4, 0.5) is 26.3 Å². The van der Waals surface area contributed by atoms with E-state index in [4.69, 9.17) is 0 Å².